The van der Waals surface area contributed by atoms with Crippen LogP contribution in [0.25, 0.3) is 0 Å². The van der Waals surface area contributed by atoms with Crippen LogP contribution in [0.1, 0.15) is 37.8 Å². The standard InChI is InChI=1S/C15H18N2O5/c1-9-2-5-14(19)16(9)15-11-8-10(17(20)21)3-4-13(11)22-7-6-12(15)18/h3-4,8-9,12,15,18H,2,5-7H2,1H3/t9-,12?,15?/m0/s1. The molecule has 0 radical (unpaired) electrons. The van der Waals surface area contributed by atoms with Crippen LogP contribution in [-0.4, -0.2) is 39.6 Å². The summed E-state index contributed by atoms with van der Waals surface area (Å²) in [6.45, 7) is 2.25. The highest BCUT2D eigenvalue weighted by atomic mass is 16.6. The second-order valence-electron chi connectivity index (χ2n) is 5.82. The average molecular weight is 306 g/mol. The lowest BCUT2D eigenvalue weighted by Gasteiger charge is -2.34. The van der Waals surface area contributed by atoms with Gasteiger partial charge in [-0.25, -0.2) is 0 Å². The molecule has 118 valence electrons. The number of benzene rings is 1. The average Bonchev–Trinajstić information content (AvgIpc) is 2.71. The van der Waals surface area contributed by atoms with Gasteiger partial charge in [0.2, 0.25) is 5.91 Å². The van der Waals surface area contributed by atoms with Crippen LogP contribution in [0, 0.1) is 10.1 Å². The first-order valence-corrected chi connectivity index (χ1v) is 7.39. The van der Waals surface area contributed by atoms with Crippen molar-refractivity contribution >= 4 is 11.6 Å². The minimum atomic E-state index is -0.798. The van der Waals surface area contributed by atoms with Crippen LogP contribution < -0.4 is 4.74 Å². The van der Waals surface area contributed by atoms with Gasteiger partial charge in [-0.05, 0) is 19.4 Å². The third-order valence-electron chi connectivity index (χ3n) is 4.40. The Balaban J connectivity index is 2.10. The molecule has 3 rings (SSSR count). The molecular weight excluding hydrogens is 288 g/mol. The molecule has 0 bridgehead atoms. The lowest BCUT2D eigenvalue weighted by atomic mass is 9.96. The van der Waals surface area contributed by atoms with E-state index in [1.807, 2.05) is 6.92 Å². The second-order valence-corrected chi connectivity index (χ2v) is 5.82. The molecule has 2 unspecified atom stereocenters. The molecule has 0 saturated carbocycles. The van der Waals surface area contributed by atoms with Crippen LogP contribution >= 0.6 is 0 Å². The largest absolute Gasteiger partial charge is 0.493 e. The number of nitro groups is 1. The van der Waals surface area contributed by atoms with E-state index in [9.17, 15) is 20.0 Å². The number of rotatable bonds is 2. The molecule has 7 nitrogen and oxygen atoms in total. The molecule has 1 N–H and O–H groups in total. The number of nitrogens with zero attached hydrogens (tertiary/aromatic N) is 2. The number of carbonyl (C=O) groups excluding carboxylic acids is 1. The van der Waals surface area contributed by atoms with E-state index in [4.69, 9.17) is 4.74 Å². The van der Waals surface area contributed by atoms with Gasteiger partial charge >= 0.3 is 0 Å². The summed E-state index contributed by atoms with van der Waals surface area (Å²) in [5.74, 6) is 0.468. The number of carbonyl (C=O) groups is 1. The lowest BCUT2D eigenvalue weighted by molar-refractivity contribution is -0.385. The minimum absolute atomic E-state index is 0.00244. The number of hydrogen-bond donors (Lipinski definition) is 1. The fourth-order valence-electron chi connectivity index (χ4n) is 3.28. The first-order valence-electron chi connectivity index (χ1n) is 7.39. The maximum atomic E-state index is 12.2. The van der Waals surface area contributed by atoms with Crippen molar-refractivity contribution in [1.29, 1.82) is 0 Å². The summed E-state index contributed by atoms with van der Waals surface area (Å²) in [7, 11) is 0. The molecular formula is C15H18N2O5. The molecule has 3 atom stereocenters. The molecule has 7 heteroatoms. The Morgan fingerprint density at radius 1 is 1.41 bits per heavy atom. The maximum absolute atomic E-state index is 12.2. The van der Waals surface area contributed by atoms with Crippen molar-refractivity contribution in [3.05, 3.63) is 33.9 Å². The van der Waals surface area contributed by atoms with Crippen molar-refractivity contribution in [3.8, 4) is 5.75 Å². The smallest absolute Gasteiger partial charge is 0.270 e. The van der Waals surface area contributed by atoms with E-state index in [0.717, 1.165) is 6.42 Å². The van der Waals surface area contributed by atoms with Crippen molar-refractivity contribution in [3.63, 3.8) is 0 Å². The molecule has 1 aromatic carbocycles. The van der Waals surface area contributed by atoms with Crippen LogP contribution in [0.3, 0.4) is 0 Å². The predicted octanol–water partition coefficient (Wildman–Crippen LogP) is 1.79. The molecule has 1 amide bonds. The first kappa shape index (κ1) is 14.8. The highest BCUT2D eigenvalue weighted by Crippen LogP contribution is 2.41. The zero-order valence-electron chi connectivity index (χ0n) is 12.3. The van der Waals surface area contributed by atoms with Crippen LogP contribution in [0.15, 0.2) is 18.2 Å². The summed E-state index contributed by atoms with van der Waals surface area (Å²) in [5.41, 5.74) is 0.446. The summed E-state index contributed by atoms with van der Waals surface area (Å²) in [5, 5.41) is 21.5. The summed E-state index contributed by atoms with van der Waals surface area (Å²) in [6.07, 6.45) is 0.750. The number of nitro benzene ring substituents is 1. The van der Waals surface area contributed by atoms with Gasteiger partial charge in [0.1, 0.15) is 5.75 Å². The van der Waals surface area contributed by atoms with Crippen molar-refractivity contribution in [2.24, 2.45) is 0 Å². The quantitative estimate of drug-likeness (QED) is 0.664. The van der Waals surface area contributed by atoms with Crippen molar-refractivity contribution in [2.45, 2.75) is 44.4 Å². The Kier molecular flexibility index (Phi) is 3.74. The third-order valence-corrected chi connectivity index (χ3v) is 4.40. The van der Waals surface area contributed by atoms with E-state index in [0.29, 0.717) is 30.8 Å². The highest BCUT2D eigenvalue weighted by Gasteiger charge is 2.41. The molecule has 2 aliphatic rings. The molecule has 22 heavy (non-hydrogen) atoms. The number of fused-ring (bicyclic) bond motifs is 1. The van der Waals surface area contributed by atoms with Crippen molar-refractivity contribution < 1.29 is 19.6 Å². The second kappa shape index (κ2) is 5.57. The van der Waals surface area contributed by atoms with E-state index < -0.39 is 17.1 Å². The number of aliphatic hydroxyl groups is 1. The Labute approximate surface area is 127 Å². The molecule has 1 saturated heterocycles. The Bertz CT molecular complexity index is 618. The van der Waals surface area contributed by atoms with E-state index in [2.05, 4.69) is 0 Å². The van der Waals surface area contributed by atoms with Gasteiger partial charge in [-0.3, -0.25) is 14.9 Å². The van der Waals surface area contributed by atoms with Gasteiger partial charge in [0, 0.05) is 36.6 Å². The minimum Gasteiger partial charge on any atom is -0.493 e. The number of non-ortho nitro benzene ring substituents is 1. The Morgan fingerprint density at radius 3 is 2.82 bits per heavy atom. The molecule has 0 aliphatic carbocycles. The van der Waals surface area contributed by atoms with Gasteiger partial charge in [0.05, 0.1) is 23.7 Å². The first-order chi connectivity index (χ1) is 10.5. The normalized spacial score (nSPS) is 28.0. The van der Waals surface area contributed by atoms with Crippen molar-refractivity contribution in [2.75, 3.05) is 6.61 Å². The number of hydrogen-bond acceptors (Lipinski definition) is 5. The zero-order chi connectivity index (χ0) is 15.9. The third kappa shape index (κ3) is 2.41. The number of amides is 1. The Morgan fingerprint density at radius 2 is 2.18 bits per heavy atom. The summed E-state index contributed by atoms with van der Waals surface area (Å²) < 4.78 is 5.59. The lowest BCUT2D eigenvalue weighted by Crippen LogP contribution is -2.41. The topological polar surface area (TPSA) is 92.9 Å². The van der Waals surface area contributed by atoms with Gasteiger partial charge in [-0.15, -0.1) is 0 Å². The highest BCUT2D eigenvalue weighted by molar-refractivity contribution is 5.79. The summed E-state index contributed by atoms with van der Waals surface area (Å²) in [4.78, 5) is 24.4. The van der Waals surface area contributed by atoms with Crippen LogP contribution in [0.4, 0.5) is 5.69 Å². The van der Waals surface area contributed by atoms with E-state index in [1.165, 1.54) is 12.1 Å². The maximum Gasteiger partial charge on any atom is 0.270 e. The van der Waals surface area contributed by atoms with Gasteiger partial charge in [-0.1, -0.05) is 0 Å². The predicted molar refractivity (Wildman–Crippen MR) is 77.5 cm³/mol. The van der Waals surface area contributed by atoms with Gasteiger partial charge in [0.15, 0.2) is 0 Å². The van der Waals surface area contributed by atoms with E-state index in [1.54, 1.807) is 11.0 Å². The van der Waals surface area contributed by atoms with Crippen LogP contribution in [-0.2, 0) is 4.79 Å². The van der Waals surface area contributed by atoms with Gasteiger partial charge in [-0.2, -0.15) is 0 Å². The fraction of sp³-hybridized carbons (Fsp3) is 0.533. The number of likely N-dealkylation sites (tertiary alicyclic amines) is 1. The van der Waals surface area contributed by atoms with Gasteiger partial charge in [0.25, 0.3) is 5.69 Å². The van der Waals surface area contributed by atoms with Crippen molar-refractivity contribution in [1.82, 2.24) is 4.90 Å². The number of aliphatic hydroxyl groups excluding tert-OH is 1. The molecule has 2 heterocycles. The zero-order valence-corrected chi connectivity index (χ0v) is 12.3. The molecule has 0 spiro atoms. The molecule has 2 aliphatic heterocycles. The summed E-state index contributed by atoms with van der Waals surface area (Å²) >= 11 is 0. The Hall–Kier alpha value is -2.15. The van der Waals surface area contributed by atoms with E-state index >= 15 is 0 Å². The molecule has 0 aromatic heterocycles. The SMILES string of the molecule is C[C@H]1CCC(=O)N1C1c2cc([N+](=O)[O-])ccc2OCCC1O. The molecule has 1 fully saturated rings. The van der Waals surface area contributed by atoms with Crippen LogP contribution in [0.2, 0.25) is 0 Å². The summed E-state index contributed by atoms with van der Waals surface area (Å²) in [6, 6.07) is 3.74. The number of ether oxygens (including phenoxy) is 1. The van der Waals surface area contributed by atoms with Crippen LogP contribution in [0.5, 0.6) is 5.75 Å². The van der Waals surface area contributed by atoms with E-state index in [-0.39, 0.29) is 17.6 Å². The fourth-order valence-corrected chi connectivity index (χ4v) is 3.28. The van der Waals surface area contributed by atoms with Gasteiger partial charge < -0.3 is 14.7 Å². The monoisotopic (exact) mass is 306 g/mol. The molecule has 1 aromatic rings.